The SMILES string of the molecule is Fc1cccc2c1C1Nc3cccc4cccc(c34)N1C(c1ccccc1Br)=C2. The van der Waals surface area contributed by atoms with Crippen molar-refractivity contribution < 1.29 is 4.39 Å². The van der Waals surface area contributed by atoms with E-state index >= 15 is 4.39 Å². The van der Waals surface area contributed by atoms with Gasteiger partial charge in [-0.15, -0.1) is 0 Å². The van der Waals surface area contributed by atoms with Gasteiger partial charge in [-0.3, -0.25) is 0 Å². The lowest BCUT2D eigenvalue weighted by Gasteiger charge is -2.44. The van der Waals surface area contributed by atoms with E-state index in [1.807, 2.05) is 30.3 Å². The fourth-order valence-electron chi connectivity index (χ4n) is 4.52. The van der Waals surface area contributed by atoms with Gasteiger partial charge in [0.1, 0.15) is 12.0 Å². The first-order valence-corrected chi connectivity index (χ1v) is 10.3. The second-order valence-corrected chi connectivity index (χ2v) is 8.20. The maximum Gasteiger partial charge on any atom is 0.133 e. The summed E-state index contributed by atoms with van der Waals surface area (Å²) >= 11 is 3.71. The van der Waals surface area contributed by atoms with Gasteiger partial charge < -0.3 is 10.2 Å². The molecule has 0 aromatic heterocycles. The normalized spacial score (nSPS) is 16.7. The molecule has 0 spiro atoms. The molecule has 6 rings (SSSR count). The molecule has 2 heterocycles. The fraction of sp³-hybridized carbons (Fsp3) is 0.0400. The van der Waals surface area contributed by atoms with Crippen LogP contribution in [0.4, 0.5) is 15.8 Å². The van der Waals surface area contributed by atoms with Gasteiger partial charge in [0.2, 0.25) is 0 Å². The number of halogens is 2. The number of rotatable bonds is 1. The van der Waals surface area contributed by atoms with Crippen molar-refractivity contribution in [2.75, 3.05) is 10.2 Å². The van der Waals surface area contributed by atoms with Gasteiger partial charge in [-0.1, -0.05) is 70.5 Å². The summed E-state index contributed by atoms with van der Waals surface area (Å²) in [4.78, 5) is 2.22. The van der Waals surface area contributed by atoms with Gasteiger partial charge >= 0.3 is 0 Å². The number of hydrogen-bond donors (Lipinski definition) is 1. The number of benzene rings is 4. The van der Waals surface area contributed by atoms with Gasteiger partial charge in [0.15, 0.2) is 0 Å². The second-order valence-electron chi connectivity index (χ2n) is 7.35. The Balaban J connectivity index is 1.71. The zero-order chi connectivity index (χ0) is 19.5. The first-order valence-electron chi connectivity index (χ1n) is 9.55. The minimum Gasteiger partial charge on any atom is -0.360 e. The zero-order valence-corrected chi connectivity index (χ0v) is 16.9. The van der Waals surface area contributed by atoms with E-state index in [1.165, 1.54) is 6.07 Å². The van der Waals surface area contributed by atoms with Crippen LogP contribution in [0.2, 0.25) is 0 Å². The highest BCUT2D eigenvalue weighted by atomic mass is 79.9. The van der Waals surface area contributed by atoms with Gasteiger partial charge in [0.25, 0.3) is 0 Å². The van der Waals surface area contributed by atoms with Crippen LogP contribution in [0.1, 0.15) is 22.9 Å². The van der Waals surface area contributed by atoms with Crippen LogP contribution in [-0.2, 0) is 0 Å². The molecule has 1 N–H and O–H groups in total. The summed E-state index contributed by atoms with van der Waals surface area (Å²) in [6.45, 7) is 0. The molecular weight excluding hydrogens is 427 g/mol. The molecule has 0 aliphatic carbocycles. The van der Waals surface area contributed by atoms with Crippen LogP contribution in [0.25, 0.3) is 22.5 Å². The maximum atomic E-state index is 15.0. The lowest BCUT2D eigenvalue weighted by atomic mass is 9.91. The van der Waals surface area contributed by atoms with E-state index in [1.54, 1.807) is 6.07 Å². The molecule has 0 radical (unpaired) electrons. The minimum absolute atomic E-state index is 0.195. The van der Waals surface area contributed by atoms with Crippen molar-refractivity contribution in [1.82, 2.24) is 0 Å². The number of nitrogens with zero attached hydrogens (tertiary/aromatic N) is 1. The highest BCUT2D eigenvalue weighted by Gasteiger charge is 2.37. The smallest absolute Gasteiger partial charge is 0.133 e. The van der Waals surface area contributed by atoms with E-state index in [-0.39, 0.29) is 12.0 Å². The molecule has 0 saturated carbocycles. The molecule has 1 atom stereocenters. The minimum atomic E-state index is -0.321. The third-order valence-electron chi connectivity index (χ3n) is 5.75. The summed E-state index contributed by atoms with van der Waals surface area (Å²) in [7, 11) is 0. The second kappa shape index (κ2) is 6.19. The van der Waals surface area contributed by atoms with Gasteiger partial charge in [0, 0.05) is 26.7 Å². The van der Waals surface area contributed by atoms with Gasteiger partial charge in [-0.05, 0) is 41.3 Å². The molecule has 2 aliphatic heterocycles. The number of hydrogen-bond acceptors (Lipinski definition) is 2. The maximum absolute atomic E-state index is 15.0. The number of nitrogens with one attached hydrogen (secondary N) is 1. The Bertz CT molecular complexity index is 1320. The van der Waals surface area contributed by atoms with Crippen molar-refractivity contribution in [1.29, 1.82) is 0 Å². The number of anilines is 2. The van der Waals surface area contributed by atoms with Crippen molar-refractivity contribution >= 4 is 49.9 Å². The Morgan fingerprint density at radius 1 is 0.862 bits per heavy atom. The molecule has 2 nitrogen and oxygen atoms in total. The van der Waals surface area contributed by atoms with E-state index in [0.717, 1.165) is 43.4 Å². The topological polar surface area (TPSA) is 15.3 Å². The molecule has 2 aliphatic rings. The Morgan fingerprint density at radius 2 is 1.66 bits per heavy atom. The molecule has 29 heavy (non-hydrogen) atoms. The van der Waals surface area contributed by atoms with Crippen LogP contribution in [-0.4, -0.2) is 0 Å². The summed E-state index contributed by atoms with van der Waals surface area (Å²) in [5.74, 6) is -0.195. The Kier molecular flexibility index (Phi) is 3.59. The summed E-state index contributed by atoms with van der Waals surface area (Å²) < 4.78 is 16.0. The summed E-state index contributed by atoms with van der Waals surface area (Å²) in [5.41, 5.74) is 5.80. The van der Waals surface area contributed by atoms with E-state index in [0.29, 0.717) is 5.56 Å². The number of fused-ring (bicyclic) bond motifs is 4. The van der Waals surface area contributed by atoms with Crippen LogP contribution >= 0.6 is 15.9 Å². The molecule has 0 fully saturated rings. The molecular formula is C25H16BrFN2. The van der Waals surface area contributed by atoms with Gasteiger partial charge in [0.05, 0.1) is 11.4 Å². The summed E-state index contributed by atoms with van der Waals surface area (Å²) in [6.07, 6.45) is 1.77. The van der Waals surface area contributed by atoms with Crippen LogP contribution in [0.3, 0.4) is 0 Å². The molecule has 0 amide bonds. The quantitative estimate of drug-likeness (QED) is 0.335. The summed E-state index contributed by atoms with van der Waals surface area (Å²) in [5, 5.41) is 5.93. The standard InChI is InChI=1S/C25H16BrFN2/c26-18-10-2-1-9-17(18)22-14-16-8-3-11-19(27)23(16)25-28-20-12-4-6-15-7-5-13-21(24(15)20)29(22)25/h1-14,25,28H. The van der Waals surface area contributed by atoms with E-state index in [4.69, 9.17) is 0 Å². The lowest BCUT2D eigenvalue weighted by molar-refractivity contribution is 0.590. The Morgan fingerprint density at radius 3 is 2.52 bits per heavy atom. The lowest BCUT2D eigenvalue weighted by Crippen LogP contribution is -2.38. The first kappa shape index (κ1) is 16.8. The molecule has 4 heteroatoms. The predicted molar refractivity (Wildman–Crippen MR) is 121 cm³/mol. The van der Waals surface area contributed by atoms with Gasteiger partial charge in [-0.2, -0.15) is 0 Å². The van der Waals surface area contributed by atoms with E-state index < -0.39 is 0 Å². The molecule has 0 bridgehead atoms. The van der Waals surface area contributed by atoms with Crippen molar-refractivity contribution in [2.24, 2.45) is 0 Å². The third kappa shape index (κ3) is 2.39. The highest BCUT2D eigenvalue weighted by Crippen LogP contribution is 2.50. The Hall–Kier alpha value is -3.11. The fourth-order valence-corrected chi connectivity index (χ4v) is 5.01. The third-order valence-corrected chi connectivity index (χ3v) is 6.45. The van der Waals surface area contributed by atoms with E-state index in [9.17, 15) is 0 Å². The van der Waals surface area contributed by atoms with Crippen molar-refractivity contribution in [3.63, 3.8) is 0 Å². The van der Waals surface area contributed by atoms with E-state index in [2.05, 4.69) is 68.6 Å². The molecule has 4 aromatic carbocycles. The zero-order valence-electron chi connectivity index (χ0n) is 15.4. The largest absolute Gasteiger partial charge is 0.360 e. The van der Waals surface area contributed by atoms with Crippen LogP contribution in [0.15, 0.2) is 83.3 Å². The summed E-state index contributed by atoms with van der Waals surface area (Å²) in [6, 6.07) is 26.0. The van der Waals surface area contributed by atoms with Crippen LogP contribution < -0.4 is 10.2 Å². The molecule has 4 aromatic rings. The molecule has 0 saturated heterocycles. The predicted octanol–water partition coefficient (Wildman–Crippen LogP) is 7.18. The van der Waals surface area contributed by atoms with Crippen molar-refractivity contribution in [3.05, 3.63) is 106 Å². The van der Waals surface area contributed by atoms with Crippen LogP contribution in [0, 0.1) is 5.82 Å². The monoisotopic (exact) mass is 442 g/mol. The first-order chi connectivity index (χ1) is 14.2. The van der Waals surface area contributed by atoms with Gasteiger partial charge in [-0.25, -0.2) is 4.39 Å². The average molecular weight is 443 g/mol. The average Bonchev–Trinajstić information content (AvgIpc) is 2.74. The van der Waals surface area contributed by atoms with Crippen molar-refractivity contribution in [3.8, 4) is 0 Å². The molecule has 1 unspecified atom stereocenters. The highest BCUT2D eigenvalue weighted by molar-refractivity contribution is 9.10. The van der Waals surface area contributed by atoms with Crippen molar-refractivity contribution in [2.45, 2.75) is 6.17 Å². The van der Waals surface area contributed by atoms with Crippen LogP contribution in [0.5, 0.6) is 0 Å². The molecule has 140 valence electrons. The Labute approximate surface area is 176 Å².